The highest BCUT2D eigenvalue weighted by atomic mass is 19.4. The SMILES string of the molecule is Cn1nnnc1-c1nc2c(n1C)CN([C@@H]1C[C@H](N)[C@@H](c3cc(F)ccc3F)OC1C(F)(F)F)C2. The number of aromatic nitrogens is 6. The van der Waals surface area contributed by atoms with Crippen molar-refractivity contribution in [2.45, 2.75) is 50.0 Å². The van der Waals surface area contributed by atoms with E-state index >= 15 is 0 Å². The summed E-state index contributed by atoms with van der Waals surface area (Å²) in [6.07, 6.45) is -8.54. The zero-order valence-corrected chi connectivity index (χ0v) is 18.2. The maximum absolute atomic E-state index is 14.3. The molecule has 9 nitrogen and oxygen atoms in total. The van der Waals surface area contributed by atoms with Crippen molar-refractivity contribution in [1.29, 1.82) is 0 Å². The van der Waals surface area contributed by atoms with E-state index in [1.807, 2.05) is 0 Å². The number of fused-ring (bicyclic) bond motifs is 1. The van der Waals surface area contributed by atoms with Gasteiger partial charge < -0.3 is 15.0 Å². The fraction of sp³-hybridized carbons (Fsp3) is 0.500. The number of halogens is 5. The molecule has 4 atom stereocenters. The molecule has 3 aromatic rings. The molecular formula is C20H21F5N8O. The minimum Gasteiger partial charge on any atom is -0.357 e. The molecular weight excluding hydrogens is 463 g/mol. The topological polar surface area (TPSA) is 99.9 Å². The summed E-state index contributed by atoms with van der Waals surface area (Å²) in [5, 5.41) is 11.3. The highest BCUT2D eigenvalue weighted by Gasteiger charge is 2.54. The Balaban J connectivity index is 1.42. The lowest BCUT2D eigenvalue weighted by molar-refractivity contribution is -0.269. The van der Waals surface area contributed by atoms with Gasteiger partial charge in [-0.15, -0.1) is 5.10 Å². The third kappa shape index (κ3) is 3.75. The minimum absolute atomic E-state index is 0.126. The molecule has 1 unspecified atom stereocenters. The lowest BCUT2D eigenvalue weighted by Crippen LogP contribution is -2.58. The quantitative estimate of drug-likeness (QED) is 0.568. The fourth-order valence-corrected chi connectivity index (χ4v) is 4.75. The summed E-state index contributed by atoms with van der Waals surface area (Å²) in [7, 11) is 3.40. The Bertz CT molecular complexity index is 1220. The van der Waals surface area contributed by atoms with E-state index < -0.39 is 42.1 Å². The molecule has 4 heterocycles. The molecule has 5 rings (SSSR count). The number of tetrazole rings is 1. The van der Waals surface area contributed by atoms with Crippen molar-refractivity contribution in [3.63, 3.8) is 0 Å². The molecule has 182 valence electrons. The molecule has 0 spiro atoms. The third-order valence-electron chi connectivity index (χ3n) is 6.42. The van der Waals surface area contributed by atoms with E-state index in [9.17, 15) is 22.0 Å². The summed E-state index contributed by atoms with van der Waals surface area (Å²) in [4.78, 5) is 6.15. The number of nitrogens with zero attached hydrogens (tertiary/aromatic N) is 7. The first-order chi connectivity index (χ1) is 16.0. The number of rotatable bonds is 3. The number of imidazole rings is 1. The minimum atomic E-state index is -4.75. The molecule has 34 heavy (non-hydrogen) atoms. The summed E-state index contributed by atoms with van der Waals surface area (Å²) in [5.41, 5.74) is 7.16. The van der Waals surface area contributed by atoms with Crippen molar-refractivity contribution in [3.8, 4) is 11.6 Å². The normalized spacial score (nSPS) is 25.6. The van der Waals surface area contributed by atoms with Gasteiger partial charge in [0.25, 0.3) is 0 Å². The second kappa shape index (κ2) is 8.06. The van der Waals surface area contributed by atoms with Crippen LogP contribution >= 0.6 is 0 Å². The maximum atomic E-state index is 14.3. The molecule has 0 aliphatic carbocycles. The number of benzene rings is 1. The van der Waals surface area contributed by atoms with E-state index in [1.165, 1.54) is 4.68 Å². The van der Waals surface area contributed by atoms with Crippen LogP contribution in [0.25, 0.3) is 11.6 Å². The second-order valence-corrected chi connectivity index (χ2v) is 8.57. The monoisotopic (exact) mass is 484 g/mol. The van der Waals surface area contributed by atoms with Crippen molar-refractivity contribution in [2.24, 2.45) is 19.8 Å². The Hall–Kier alpha value is -2.97. The summed E-state index contributed by atoms with van der Waals surface area (Å²) in [5.74, 6) is -0.722. The molecule has 2 aliphatic heterocycles. The Morgan fingerprint density at radius 2 is 1.88 bits per heavy atom. The molecule has 0 bridgehead atoms. The molecule has 1 aromatic carbocycles. The average Bonchev–Trinajstić information content (AvgIpc) is 3.45. The van der Waals surface area contributed by atoms with Gasteiger partial charge >= 0.3 is 6.18 Å². The standard InChI is InChI=1S/C20H21F5N8O/c1-31-15-8-33(7-13(15)27-18(31)19-28-29-30-32(19)2)14-6-12(26)16(34-17(14)20(23,24)25)10-5-9(21)3-4-11(10)22/h3-5,12,14,16-17H,6-8,26H2,1-2H3/t12-,14+,16+,17?/m0/s1. The smallest absolute Gasteiger partial charge is 0.357 e. The third-order valence-corrected chi connectivity index (χ3v) is 6.42. The van der Waals surface area contributed by atoms with Crippen molar-refractivity contribution < 1.29 is 26.7 Å². The lowest BCUT2D eigenvalue weighted by Gasteiger charge is -2.44. The fourth-order valence-electron chi connectivity index (χ4n) is 4.75. The van der Waals surface area contributed by atoms with Gasteiger partial charge in [-0.25, -0.2) is 18.4 Å². The van der Waals surface area contributed by atoms with Crippen LogP contribution in [-0.2, 0) is 31.9 Å². The Morgan fingerprint density at radius 1 is 1.12 bits per heavy atom. The van der Waals surface area contributed by atoms with E-state index in [4.69, 9.17) is 10.5 Å². The van der Waals surface area contributed by atoms with Crippen LogP contribution in [-0.4, -0.2) is 59.0 Å². The van der Waals surface area contributed by atoms with Gasteiger partial charge in [-0.3, -0.25) is 4.90 Å². The molecule has 2 N–H and O–H groups in total. The van der Waals surface area contributed by atoms with Crippen LogP contribution in [0.2, 0.25) is 0 Å². The number of alkyl halides is 3. The van der Waals surface area contributed by atoms with Crippen molar-refractivity contribution in [3.05, 3.63) is 46.8 Å². The Kier molecular flexibility index (Phi) is 5.41. The Morgan fingerprint density at radius 3 is 2.53 bits per heavy atom. The highest BCUT2D eigenvalue weighted by Crippen LogP contribution is 2.42. The molecule has 2 aromatic heterocycles. The summed E-state index contributed by atoms with van der Waals surface area (Å²) in [6, 6.07) is 0.458. The number of hydrogen-bond acceptors (Lipinski definition) is 7. The van der Waals surface area contributed by atoms with E-state index in [-0.39, 0.29) is 25.1 Å². The van der Waals surface area contributed by atoms with Crippen LogP contribution < -0.4 is 5.73 Å². The van der Waals surface area contributed by atoms with Crippen LogP contribution in [0, 0.1) is 11.6 Å². The summed E-state index contributed by atoms with van der Waals surface area (Å²) < 4.78 is 78.7. The first-order valence-electron chi connectivity index (χ1n) is 10.5. The predicted octanol–water partition coefficient (Wildman–Crippen LogP) is 1.99. The Labute approximate surface area is 190 Å². The van der Waals surface area contributed by atoms with Gasteiger partial charge in [-0.2, -0.15) is 13.2 Å². The number of ether oxygens (including phenoxy) is 1. The molecule has 1 fully saturated rings. The van der Waals surface area contributed by atoms with Crippen LogP contribution in [0.1, 0.15) is 29.5 Å². The first kappa shape index (κ1) is 22.8. The van der Waals surface area contributed by atoms with Crippen LogP contribution in [0.3, 0.4) is 0 Å². The van der Waals surface area contributed by atoms with Crippen molar-refractivity contribution in [1.82, 2.24) is 34.7 Å². The van der Waals surface area contributed by atoms with Gasteiger partial charge in [0.15, 0.2) is 11.9 Å². The maximum Gasteiger partial charge on any atom is 0.416 e. The van der Waals surface area contributed by atoms with Crippen LogP contribution in [0.5, 0.6) is 0 Å². The lowest BCUT2D eigenvalue weighted by atomic mass is 9.89. The number of nitrogens with two attached hydrogens (primary N) is 1. The molecule has 0 amide bonds. The summed E-state index contributed by atoms with van der Waals surface area (Å²) in [6.45, 7) is 0.317. The van der Waals surface area contributed by atoms with E-state index in [0.717, 1.165) is 23.9 Å². The number of hydrogen-bond donors (Lipinski definition) is 1. The summed E-state index contributed by atoms with van der Waals surface area (Å²) >= 11 is 0. The molecule has 0 radical (unpaired) electrons. The van der Waals surface area contributed by atoms with Gasteiger partial charge in [0.05, 0.1) is 11.4 Å². The average molecular weight is 484 g/mol. The van der Waals surface area contributed by atoms with Crippen molar-refractivity contribution in [2.75, 3.05) is 0 Å². The molecule has 1 saturated heterocycles. The highest BCUT2D eigenvalue weighted by molar-refractivity contribution is 5.46. The van der Waals surface area contributed by atoms with Crippen molar-refractivity contribution >= 4 is 0 Å². The van der Waals surface area contributed by atoms with E-state index in [1.54, 1.807) is 23.6 Å². The zero-order valence-electron chi connectivity index (χ0n) is 18.2. The molecule has 0 saturated carbocycles. The van der Waals surface area contributed by atoms with E-state index in [2.05, 4.69) is 20.5 Å². The van der Waals surface area contributed by atoms with Crippen LogP contribution in [0.4, 0.5) is 22.0 Å². The van der Waals surface area contributed by atoms with E-state index in [0.29, 0.717) is 17.3 Å². The molecule has 14 heteroatoms. The second-order valence-electron chi connectivity index (χ2n) is 8.57. The van der Waals surface area contributed by atoms with Gasteiger partial charge in [-0.05, 0) is 35.0 Å². The van der Waals surface area contributed by atoms with Crippen LogP contribution in [0.15, 0.2) is 18.2 Å². The largest absolute Gasteiger partial charge is 0.416 e. The predicted molar refractivity (Wildman–Crippen MR) is 107 cm³/mol. The van der Waals surface area contributed by atoms with Gasteiger partial charge in [-0.1, -0.05) is 0 Å². The first-order valence-corrected chi connectivity index (χ1v) is 10.5. The number of aryl methyl sites for hydroxylation is 1. The van der Waals surface area contributed by atoms with Gasteiger partial charge in [0, 0.05) is 44.8 Å². The molecule has 2 aliphatic rings. The zero-order chi connectivity index (χ0) is 24.4. The van der Waals surface area contributed by atoms with Gasteiger partial charge in [0.1, 0.15) is 17.7 Å². The van der Waals surface area contributed by atoms with Gasteiger partial charge in [0.2, 0.25) is 5.82 Å².